The van der Waals surface area contributed by atoms with Gasteiger partial charge in [0.25, 0.3) is 0 Å². The van der Waals surface area contributed by atoms with E-state index in [2.05, 4.69) is 5.32 Å². The van der Waals surface area contributed by atoms with E-state index in [1.807, 2.05) is 13.0 Å². The monoisotopic (exact) mass is 425 g/mol. The number of amides is 2. The number of ether oxygens (including phenoxy) is 2. The van der Waals surface area contributed by atoms with Crippen molar-refractivity contribution >= 4 is 35.0 Å². The fraction of sp³-hybridized carbons (Fsp3) is 0.348. The van der Waals surface area contributed by atoms with Crippen LogP contribution in [0.15, 0.2) is 42.5 Å². The summed E-state index contributed by atoms with van der Waals surface area (Å²) in [5.41, 5.74) is 9.36. The molecule has 0 aliphatic carbocycles. The third kappa shape index (κ3) is 4.63. The maximum Gasteiger partial charge on any atom is 0.414 e. The molecule has 1 unspecified atom stereocenters. The molecule has 0 spiro atoms. The second-order valence-electron chi connectivity index (χ2n) is 7.49. The standard InChI is InChI=1S/C23H27N3O5/c1-14-9-10-16-19(26(14)23(29)31-3)12-11-18(21(16)24)25-20(27)13-17(22(28)30-2)15-7-5-4-6-8-15/h4-8,11-12,14,17H,9-10,13,24H2,1-3H3,(H,25,27)/t14-,17?/m0/s1. The van der Waals surface area contributed by atoms with E-state index >= 15 is 0 Å². The lowest BCUT2D eigenvalue weighted by atomic mass is 9.94. The third-order valence-corrected chi connectivity index (χ3v) is 5.57. The van der Waals surface area contributed by atoms with Gasteiger partial charge >= 0.3 is 12.1 Å². The minimum absolute atomic E-state index is 0.0218. The van der Waals surface area contributed by atoms with Gasteiger partial charge in [-0.15, -0.1) is 0 Å². The highest BCUT2D eigenvalue weighted by molar-refractivity contribution is 5.99. The normalized spacial score (nSPS) is 16.1. The van der Waals surface area contributed by atoms with Crippen LogP contribution in [0.4, 0.5) is 21.9 Å². The molecule has 0 bridgehead atoms. The highest BCUT2D eigenvalue weighted by atomic mass is 16.5. The van der Waals surface area contributed by atoms with Gasteiger partial charge in [0, 0.05) is 18.0 Å². The van der Waals surface area contributed by atoms with Crippen LogP contribution in [0.2, 0.25) is 0 Å². The minimum atomic E-state index is -0.722. The summed E-state index contributed by atoms with van der Waals surface area (Å²) in [6.45, 7) is 1.95. The zero-order valence-electron chi connectivity index (χ0n) is 17.9. The largest absolute Gasteiger partial charge is 0.469 e. The highest BCUT2D eigenvalue weighted by Gasteiger charge is 2.31. The average molecular weight is 425 g/mol. The lowest BCUT2D eigenvalue weighted by molar-refractivity contribution is -0.143. The van der Waals surface area contributed by atoms with Gasteiger partial charge < -0.3 is 20.5 Å². The van der Waals surface area contributed by atoms with Crippen molar-refractivity contribution in [2.75, 3.05) is 30.2 Å². The summed E-state index contributed by atoms with van der Waals surface area (Å²) in [7, 11) is 2.64. The van der Waals surface area contributed by atoms with Crippen molar-refractivity contribution in [2.45, 2.75) is 38.1 Å². The quantitative estimate of drug-likeness (QED) is 0.561. The smallest absolute Gasteiger partial charge is 0.414 e. The van der Waals surface area contributed by atoms with E-state index in [1.54, 1.807) is 41.3 Å². The van der Waals surface area contributed by atoms with Crippen molar-refractivity contribution in [2.24, 2.45) is 0 Å². The van der Waals surface area contributed by atoms with Crippen molar-refractivity contribution in [1.29, 1.82) is 0 Å². The molecule has 0 saturated heterocycles. The molecule has 8 heteroatoms. The van der Waals surface area contributed by atoms with Crippen LogP contribution < -0.4 is 16.0 Å². The first kappa shape index (κ1) is 22.1. The van der Waals surface area contributed by atoms with Crippen LogP contribution in [-0.2, 0) is 25.5 Å². The molecule has 2 amide bonds. The summed E-state index contributed by atoms with van der Waals surface area (Å²) in [6, 6.07) is 12.4. The number of hydrogen-bond donors (Lipinski definition) is 2. The molecule has 3 N–H and O–H groups in total. The SMILES string of the molecule is COC(=O)C(CC(=O)Nc1ccc2c(c1N)CC[C@H](C)N2C(=O)OC)c1ccccc1. The summed E-state index contributed by atoms with van der Waals surface area (Å²) in [5, 5.41) is 2.80. The Kier molecular flexibility index (Phi) is 6.79. The molecule has 1 aliphatic heterocycles. The number of nitrogens with zero attached hydrogens (tertiary/aromatic N) is 1. The van der Waals surface area contributed by atoms with E-state index in [9.17, 15) is 14.4 Å². The number of nitrogens with two attached hydrogens (primary N) is 1. The molecule has 31 heavy (non-hydrogen) atoms. The molecule has 2 aromatic rings. The zero-order valence-corrected chi connectivity index (χ0v) is 17.9. The van der Waals surface area contributed by atoms with E-state index in [1.165, 1.54) is 14.2 Å². The number of fused-ring (bicyclic) bond motifs is 1. The molecule has 1 aliphatic rings. The first-order valence-corrected chi connectivity index (χ1v) is 10.1. The number of carbonyl (C=O) groups is 3. The number of carbonyl (C=O) groups excluding carboxylic acids is 3. The van der Waals surface area contributed by atoms with E-state index in [-0.39, 0.29) is 18.4 Å². The number of rotatable bonds is 5. The number of nitrogen functional groups attached to an aromatic ring is 1. The number of benzene rings is 2. The highest BCUT2D eigenvalue weighted by Crippen LogP contribution is 2.38. The second kappa shape index (κ2) is 9.51. The molecule has 1 heterocycles. The van der Waals surface area contributed by atoms with Gasteiger partial charge in [-0.1, -0.05) is 30.3 Å². The Hall–Kier alpha value is -3.55. The summed E-state index contributed by atoms with van der Waals surface area (Å²) >= 11 is 0. The van der Waals surface area contributed by atoms with Gasteiger partial charge in [-0.3, -0.25) is 14.5 Å². The van der Waals surface area contributed by atoms with Crippen molar-refractivity contribution < 1.29 is 23.9 Å². The Balaban J connectivity index is 1.82. The second-order valence-corrected chi connectivity index (χ2v) is 7.49. The van der Waals surface area contributed by atoms with Crippen molar-refractivity contribution in [3.05, 3.63) is 53.6 Å². The molecule has 0 saturated carbocycles. The number of nitrogens with one attached hydrogen (secondary N) is 1. The molecule has 3 rings (SSSR count). The van der Waals surface area contributed by atoms with Gasteiger partial charge in [0.05, 0.1) is 37.2 Å². The van der Waals surface area contributed by atoms with Gasteiger partial charge in [0.2, 0.25) is 5.91 Å². The number of esters is 1. The number of methoxy groups -OCH3 is 2. The van der Waals surface area contributed by atoms with E-state index in [0.717, 1.165) is 12.0 Å². The van der Waals surface area contributed by atoms with Crippen molar-refractivity contribution in [3.63, 3.8) is 0 Å². The van der Waals surface area contributed by atoms with Crippen LogP contribution in [-0.4, -0.2) is 38.2 Å². The number of anilines is 3. The van der Waals surface area contributed by atoms with Crippen LogP contribution >= 0.6 is 0 Å². The molecule has 2 aromatic carbocycles. The summed E-state index contributed by atoms with van der Waals surface area (Å²) in [6.07, 6.45) is 0.864. The molecular weight excluding hydrogens is 398 g/mol. The van der Waals surface area contributed by atoms with Crippen LogP contribution in [0.3, 0.4) is 0 Å². The fourth-order valence-corrected chi connectivity index (χ4v) is 3.90. The van der Waals surface area contributed by atoms with E-state index in [4.69, 9.17) is 15.2 Å². The summed E-state index contributed by atoms with van der Waals surface area (Å²) < 4.78 is 9.78. The Morgan fingerprint density at radius 3 is 2.48 bits per heavy atom. The first-order chi connectivity index (χ1) is 14.9. The Morgan fingerprint density at radius 2 is 1.84 bits per heavy atom. The fourth-order valence-electron chi connectivity index (χ4n) is 3.90. The molecule has 2 atom stereocenters. The lowest BCUT2D eigenvalue weighted by Gasteiger charge is -2.35. The van der Waals surface area contributed by atoms with Crippen LogP contribution in [0.25, 0.3) is 0 Å². The topological polar surface area (TPSA) is 111 Å². The van der Waals surface area contributed by atoms with Gasteiger partial charge in [0.15, 0.2) is 0 Å². The van der Waals surface area contributed by atoms with E-state index < -0.39 is 18.0 Å². The summed E-state index contributed by atoms with van der Waals surface area (Å²) in [4.78, 5) is 38.8. The summed E-state index contributed by atoms with van der Waals surface area (Å²) in [5.74, 6) is -1.57. The number of hydrogen-bond acceptors (Lipinski definition) is 6. The predicted octanol–water partition coefficient (Wildman–Crippen LogP) is 3.46. The van der Waals surface area contributed by atoms with E-state index in [0.29, 0.717) is 29.0 Å². The van der Waals surface area contributed by atoms with Gasteiger partial charge in [-0.25, -0.2) is 4.79 Å². The Bertz CT molecular complexity index is 977. The average Bonchev–Trinajstić information content (AvgIpc) is 2.78. The molecule has 164 valence electrons. The first-order valence-electron chi connectivity index (χ1n) is 10.1. The molecule has 8 nitrogen and oxygen atoms in total. The van der Waals surface area contributed by atoms with Crippen molar-refractivity contribution in [1.82, 2.24) is 0 Å². The maximum absolute atomic E-state index is 12.7. The van der Waals surface area contributed by atoms with Gasteiger partial charge in [0.1, 0.15) is 0 Å². The molecule has 0 fully saturated rings. The van der Waals surface area contributed by atoms with Crippen LogP contribution in [0.1, 0.15) is 36.8 Å². The maximum atomic E-state index is 12.7. The lowest BCUT2D eigenvalue weighted by Crippen LogP contribution is -2.42. The Morgan fingerprint density at radius 1 is 1.13 bits per heavy atom. The van der Waals surface area contributed by atoms with Crippen LogP contribution in [0, 0.1) is 0 Å². The zero-order chi connectivity index (χ0) is 22.5. The third-order valence-electron chi connectivity index (χ3n) is 5.57. The van der Waals surface area contributed by atoms with Gasteiger partial charge in [-0.05, 0) is 37.5 Å². The van der Waals surface area contributed by atoms with Gasteiger partial charge in [-0.2, -0.15) is 0 Å². The Labute approximate surface area is 181 Å². The molecule has 0 radical (unpaired) electrons. The molecule has 0 aromatic heterocycles. The minimum Gasteiger partial charge on any atom is -0.469 e. The van der Waals surface area contributed by atoms with Crippen molar-refractivity contribution in [3.8, 4) is 0 Å². The van der Waals surface area contributed by atoms with Crippen LogP contribution in [0.5, 0.6) is 0 Å². The predicted molar refractivity (Wildman–Crippen MR) is 118 cm³/mol. The molecular formula is C23H27N3O5.